The molecule has 3 atom stereocenters. The molecule has 0 aromatic heterocycles. The van der Waals surface area contributed by atoms with Crippen molar-refractivity contribution in [1.29, 1.82) is 0 Å². The van der Waals surface area contributed by atoms with Gasteiger partial charge in [0.1, 0.15) is 6.10 Å². The van der Waals surface area contributed by atoms with Crippen molar-refractivity contribution in [3.63, 3.8) is 0 Å². The van der Waals surface area contributed by atoms with E-state index in [9.17, 15) is 9.46 Å². The molecular formula is C38H77NO5P+. The fourth-order valence-electron chi connectivity index (χ4n) is 5.71. The van der Waals surface area contributed by atoms with E-state index in [0.29, 0.717) is 24.1 Å². The second-order valence-corrected chi connectivity index (χ2v) is 16.8. The van der Waals surface area contributed by atoms with Crippen molar-refractivity contribution < 1.29 is 27.9 Å². The van der Waals surface area contributed by atoms with Crippen LogP contribution in [0, 0.1) is 0 Å². The van der Waals surface area contributed by atoms with Gasteiger partial charge in [-0.2, -0.15) is 0 Å². The molecule has 0 heterocycles. The molecule has 268 valence electrons. The number of nitrogens with zero attached hydrogens (tertiary/aromatic N) is 1. The van der Waals surface area contributed by atoms with Crippen molar-refractivity contribution >= 4 is 7.60 Å². The highest BCUT2D eigenvalue weighted by atomic mass is 31.2. The van der Waals surface area contributed by atoms with Crippen LogP contribution in [0.3, 0.4) is 0 Å². The highest BCUT2D eigenvalue weighted by Gasteiger charge is 2.42. The van der Waals surface area contributed by atoms with E-state index in [1.165, 1.54) is 103 Å². The summed E-state index contributed by atoms with van der Waals surface area (Å²) in [7, 11) is 1.96. The maximum absolute atomic E-state index is 13.0. The Labute approximate surface area is 280 Å². The summed E-state index contributed by atoms with van der Waals surface area (Å²) < 4.78 is 30.9. The van der Waals surface area contributed by atoms with Crippen molar-refractivity contribution in [1.82, 2.24) is 0 Å². The lowest BCUT2D eigenvalue weighted by atomic mass is 10.1. The summed E-state index contributed by atoms with van der Waals surface area (Å²) in [5.41, 5.74) is -0.391. The van der Waals surface area contributed by atoms with Gasteiger partial charge in [0.05, 0.1) is 40.0 Å². The van der Waals surface area contributed by atoms with E-state index in [1.54, 1.807) is 0 Å². The van der Waals surface area contributed by atoms with Crippen molar-refractivity contribution in [3.8, 4) is 0 Å². The Hall–Kier alpha value is -0.490. The fourth-order valence-corrected chi connectivity index (χ4v) is 7.60. The summed E-state index contributed by atoms with van der Waals surface area (Å²) in [5.74, 6) is -0.477. The van der Waals surface area contributed by atoms with Crippen molar-refractivity contribution in [2.24, 2.45) is 0 Å². The third-order valence-electron chi connectivity index (χ3n) is 8.11. The van der Waals surface area contributed by atoms with Crippen molar-refractivity contribution in [2.75, 3.05) is 41.0 Å². The molecule has 0 aliphatic rings. The third-order valence-corrected chi connectivity index (χ3v) is 10.4. The van der Waals surface area contributed by atoms with Gasteiger partial charge in [-0.1, -0.05) is 102 Å². The Morgan fingerprint density at radius 3 is 1.49 bits per heavy atom. The van der Waals surface area contributed by atoms with Gasteiger partial charge < -0.3 is 23.4 Å². The van der Waals surface area contributed by atoms with Crippen molar-refractivity contribution in [3.05, 3.63) is 24.3 Å². The summed E-state index contributed by atoms with van der Waals surface area (Å²) in [6.45, 7) is 11.2. The smallest absolute Gasteiger partial charge is 0.379 e. The van der Waals surface area contributed by atoms with Crippen LogP contribution < -0.4 is 0 Å². The molecule has 0 radical (unpaired) electrons. The first-order chi connectivity index (χ1) is 21.3. The van der Waals surface area contributed by atoms with Crippen LogP contribution in [0.25, 0.3) is 0 Å². The maximum atomic E-state index is 13.0. The number of hydrogen-bond donors (Lipinski definition) is 1. The topological polar surface area (TPSA) is 65.0 Å². The average molecular weight is 659 g/mol. The van der Waals surface area contributed by atoms with E-state index in [1.807, 2.05) is 48.8 Å². The first-order valence-corrected chi connectivity index (χ1v) is 20.3. The molecule has 0 aromatic rings. The molecule has 0 aliphatic heterocycles. The van der Waals surface area contributed by atoms with Gasteiger partial charge in [0, 0.05) is 13.0 Å². The normalized spacial score (nSPS) is 15.7. The zero-order valence-corrected chi connectivity index (χ0v) is 32.1. The van der Waals surface area contributed by atoms with Gasteiger partial charge in [-0.15, -0.1) is 0 Å². The summed E-state index contributed by atoms with van der Waals surface area (Å²) in [4.78, 5) is 10.6. The van der Waals surface area contributed by atoms with Gasteiger partial charge in [0.2, 0.25) is 0 Å². The Morgan fingerprint density at radius 1 is 0.667 bits per heavy atom. The number of ether oxygens (including phenoxy) is 2. The lowest BCUT2D eigenvalue weighted by Crippen LogP contribution is -2.45. The first kappa shape index (κ1) is 44.5. The van der Waals surface area contributed by atoms with Crippen LogP contribution in [-0.4, -0.2) is 67.8 Å². The van der Waals surface area contributed by atoms with Crippen LogP contribution >= 0.6 is 7.60 Å². The van der Waals surface area contributed by atoms with Crippen LogP contribution in [0.1, 0.15) is 163 Å². The minimum Gasteiger partial charge on any atom is -0.379 e. The minimum absolute atomic E-state index is 0.0454. The quantitative estimate of drug-likeness (QED) is 0.0347. The van der Waals surface area contributed by atoms with E-state index >= 15 is 0 Å². The number of hydrogen-bond acceptors (Lipinski definition) is 4. The van der Waals surface area contributed by atoms with E-state index in [4.69, 9.17) is 14.0 Å². The SMILES string of the molecule is CCCCCC/C=C\CCCCCCCCCC/C=C\CCCCCOC[C@H](COP(=O)(O)C(CC)[N+](C)(C)C)OC(C)(C)C. The number of allylic oxidation sites excluding steroid dienone is 4. The molecule has 0 rings (SSSR count). The van der Waals surface area contributed by atoms with Crippen LogP contribution in [0.4, 0.5) is 0 Å². The van der Waals surface area contributed by atoms with Gasteiger partial charge in [-0.25, -0.2) is 0 Å². The predicted octanol–water partition coefficient (Wildman–Crippen LogP) is 11.4. The van der Waals surface area contributed by atoms with Crippen molar-refractivity contribution in [2.45, 2.75) is 181 Å². The molecule has 6 nitrogen and oxygen atoms in total. The van der Waals surface area contributed by atoms with Gasteiger partial charge in [0.15, 0.2) is 5.78 Å². The molecule has 0 saturated heterocycles. The van der Waals surface area contributed by atoms with Gasteiger partial charge in [0.25, 0.3) is 0 Å². The van der Waals surface area contributed by atoms with E-state index in [-0.39, 0.29) is 12.7 Å². The minimum atomic E-state index is -3.80. The largest absolute Gasteiger partial charge is 0.385 e. The van der Waals surface area contributed by atoms with E-state index in [2.05, 4.69) is 31.2 Å². The van der Waals surface area contributed by atoms with Crippen LogP contribution in [0.5, 0.6) is 0 Å². The maximum Gasteiger partial charge on any atom is 0.385 e. The molecule has 0 aromatic carbocycles. The summed E-state index contributed by atoms with van der Waals surface area (Å²) in [5, 5.41) is 0. The zero-order chi connectivity index (χ0) is 33.9. The highest BCUT2D eigenvalue weighted by Crippen LogP contribution is 2.51. The second kappa shape index (κ2) is 27.5. The number of quaternary nitrogens is 1. The molecule has 0 amide bonds. The molecule has 0 spiro atoms. The lowest BCUT2D eigenvalue weighted by Gasteiger charge is -2.36. The van der Waals surface area contributed by atoms with Gasteiger partial charge in [-0.05, 0) is 78.6 Å². The second-order valence-electron chi connectivity index (χ2n) is 14.8. The van der Waals surface area contributed by atoms with E-state index < -0.39 is 19.0 Å². The Kier molecular flexibility index (Phi) is 27.2. The Bertz CT molecular complexity index is 771. The van der Waals surface area contributed by atoms with Gasteiger partial charge >= 0.3 is 7.60 Å². The first-order valence-electron chi connectivity index (χ1n) is 18.7. The molecule has 0 fully saturated rings. The number of unbranched alkanes of at least 4 members (excludes halogenated alkanes) is 16. The van der Waals surface area contributed by atoms with Gasteiger partial charge in [-0.3, -0.25) is 4.57 Å². The third kappa shape index (κ3) is 28.3. The zero-order valence-electron chi connectivity index (χ0n) is 31.2. The highest BCUT2D eigenvalue weighted by molar-refractivity contribution is 7.53. The lowest BCUT2D eigenvalue weighted by molar-refractivity contribution is -0.883. The summed E-state index contributed by atoms with van der Waals surface area (Å²) in [6.07, 6.45) is 34.4. The fraction of sp³-hybridized carbons (Fsp3) is 0.895. The summed E-state index contributed by atoms with van der Waals surface area (Å²) in [6, 6.07) is 0. The molecule has 0 bridgehead atoms. The standard InChI is InChI=1S/C38H76NO5P/c1-9-11-12-13-14-15-16-17-18-19-20-21-22-23-24-25-26-27-28-29-30-31-32-33-42-34-36(44-38(3,4)5)35-43-45(40,41)37(10-2)39(6,7)8/h15-16,27-28,36-37H,9-14,17-26,29-35H2,1-8H3/p+1/b16-15-,28-27-/t36-,37?/m1/s1. The predicted molar refractivity (Wildman–Crippen MR) is 195 cm³/mol. The molecule has 2 unspecified atom stereocenters. The van der Waals surface area contributed by atoms with Crippen LogP contribution in [-0.2, 0) is 18.6 Å². The van der Waals surface area contributed by atoms with Crippen LogP contribution in [0.15, 0.2) is 24.3 Å². The molecule has 0 aliphatic carbocycles. The molecule has 0 saturated carbocycles. The monoisotopic (exact) mass is 659 g/mol. The van der Waals surface area contributed by atoms with Crippen LogP contribution in [0.2, 0.25) is 0 Å². The van der Waals surface area contributed by atoms with E-state index in [0.717, 1.165) is 19.3 Å². The Balaban J connectivity index is 3.82. The average Bonchev–Trinajstić information content (AvgIpc) is 2.94. The molecule has 1 N–H and O–H groups in total. The molecular weight excluding hydrogens is 581 g/mol. The molecule has 7 heteroatoms. The molecule has 45 heavy (non-hydrogen) atoms. The Morgan fingerprint density at radius 2 is 1.09 bits per heavy atom. The summed E-state index contributed by atoms with van der Waals surface area (Å²) >= 11 is 0. The number of rotatable bonds is 31.